The van der Waals surface area contributed by atoms with E-state index >= 15 is 0 Å². The predicted octanol–water partition coefficient (Wildman–Crippen LogP) is 2.04. The average molecular weight is 360 g/mol. The number of rotatable bonds is 6. The Hall–Kier alpha value is -2.57. The fraction of sp³-hybridized carbons (Fsp3) is 0.526. The Bertz CT molecular complexity index is 701. The number of fused-ring (bicyclic) bond motifs is 1. The van der Waals surface area contributed by atoms with Crippen molar-refractivity contribution < 1.29 is 24.2 Å². The fourth-order valence-corrected chi connectivity index (χ4v) is 3.38. The van der Waals surface area contributed by atoms with Crippen LogP contribution in [0.1, 0.15) is 37.3 Å². The van der Waals surface area contributed by atoms with Gasteiger partial charge in [-0.3, -0.25) is 4.79 Å². The van der Waals surface area contributed by atoms with E-state index < -0.39 is 12.0 Å². The first-order valence-electron chi connectivity index (χ1n) is 9.03. The molecule has 26 heavy (non-hydrogen) atoms. The van der Waals surface area contributed by atoms with Crippen molar-refractivity contribution in [2.75, 3.05) is 13.2 Å². The molecule has 140 valence electrons. The van der Waals surface area contributed by atoms with Gasteiger partial charge in [-0.1, -0.05) is 24.3 Å². The highest BCUT2D eigenvalue weighted by atomic mass is 16.5. The van der Waals surface area contributed by atoms with E-state index in [-0.39, 0.29) is 37.6 Å². The highest BCUT2D eigenvalue weighted by Crippen LogP contribution is 2.31. The maximum atomic E-state index is 13.1. The van der Waals surface area contributed by atoms with E-state index in [1.54, 1.807) is 11.8 Å². The van der Waals surface area contributed by atoms with Crippen molar-refractivity contribution in [2.24, 2.45) is 0 Å². The second-order valence-corrected chi connectivity index (χ2v) is 6.72. The summed E-state index contributed by atoms with van der Waals surface area (Å²) in [4.78, 5) is 39.6. The van der Waals surface area contributed by atoms with E-state index in [4.69, 9.17) is 4.74 Å². The van der Waals surface area contributed by atoms with E-state index in [1.165, 1.54) is 4.90 Å². The smallest absolute Gasteiger partial charge is 0.326 e. The second-order valence-electron chi connectivity index (χ2n) is 6.72. The van der Waals surface area contributed by atoms with Crippen LogP contribution in [0.2, 0.25) is 0 Å². The van der Waals surface area contributed by atoms with E-state index in [9.17, 15) is 19.5 Å². The normalized spacial score (nSPS) is 18.8. The molecule has 0 radical (unpaired) electrons. The number of aliphatic carboxylic acids is 1. The van der Waals surface area contributed by atoms with Gasteiger partial charge < -0.3 is 19.6 Å². The molecule has 1 fully saturated rings. The third-order valence-corrected chi connectivity index (χ3v) is 4.87. The number of amides is 2. The maximum absolute atomic E-state index is 13.1. The molecule has 1 aliphatic heterocycles. The number of nitrogens with zero attached hydrogens (tertiary/aromatic N) is 2. The number of hydrogen-bond acceptors (Lipinski definition) is 4. The van der Waals surface area contributed by atoms with Crippen LogP contribution < -0.4 is 0 Å². The molecular weight excluding hydrogens is 336 g/mol. The van der Waals surface area contributed by atoms with Gasteiger partial charge in [0.15, 0.2) is 0 Å². The van der Waals surface area contributed by atoms with Crippen molar-refractivity contribution in [3.63, 3.8) is 0 Å². The number of carboxylic acid groups (broad SMARTS) is 1. The predicted molar refractivity (Wildman–Crippen MR) is 93.5 cm³/mol. The highest BCUT2D eigenvalue weighted by Gasteiger charge is 2.41. The molecule has 2 amide bonds. The van der Waals surface area contributed by atoms with Crippen molar-refractivity contribution in [1.29, 1.82) is 0 Å². The molecule has 7 nitrogen and oxygen atoms in total. The number of carbonyl (C=O) groups is 3. The van der Waals surface area contributed by atoms with Crippen LogP contribution in [-0.2, 0) is 27.3 Å². The Balaban J connectivity index is 1.76. The van der Waals surface area contributed by atoms with Gasteiger partial charge in [0.1, 0.15) is 6.04 Å². The number of hydrogen-bond donors (Lipinski definition) is 1. The first kappa shape index (κ1) is 18.2. The molecule has 0 spiro atoms. The summed E-state index contributed by atoms with van der Waals surface area (Å²) in [6, 6.07) is 6.50. The Morgan fingerprint density at radius 1 is 1.23 bits per heavy atom. The molecule has 0 aromatic heterocycles. The lowest BCUT2D eigenvalue weighted by Gasteiger charge is -2.38. The topological polar surface area (TPSA) is 87.2 Å². The molecule has 1 aromatic carbocycles. The number of carboxylic acids is 1. The molecule has 7 heteroatoms. The SMILES string of the molecule is CCOC(=O)CCN(C(=O)N1Cc2ccccc2C[C@H]1C(=O)O)C1CC1. The summed E-state index contributed by atoms with van der Waals surface area (Å²) in [5.41, 5.74) is 1.94. The molecule has 1 N–H and O–H groups in total. The zero-order valence-corrected chi connectivity index (χ0v) is 14.9. The van der Waals surface area contributed by atoms with Crippen molar-refractivity contribution in [3.05, 3.63) is 35.4 Å². The van der Waals surface area contributed by atoms with E-state index in [1.807, 2.05) is 24.3 Å². The summed E-state index contributed by atoms with van der Waals surface area (Å²) >= 11 is 0. The number of urea groups is 1. The molecule has 1 atom stereocenters. The van der Waals surface area contributed by atoms with Crippen LogP contribution >= 0.6 is 0 Å². The van der Waals surface area contributed by atoms with Crippen LogP contribution in [0, 0.1) is 0 Å². The molecule has 0 unspecified atom stereocenters. The summed E-state index contributed by atoms with van der Waals surface area (Å²) in [6.07, 6.45) is 2.19. The van der Waals surface area contributed by atoms with Gasteiger partial charge in [-0.15, -0.1) is 0 Å². The Morgan fingerprint density at radius 2 is 1.92 bits per heavy atom. The van der Waals surface area contributed by atoms with E-state index in [0.717, 1.165) is 24.0 Å². The molecule has 1 aromatic rings. The minimum absolute atomic E-state index is 0.0866. The van der Waals surface area contributed by atoms with Gasteiger partial charge in [-0.2, -0.15) is 0 Å². The third-order valence-electron chi connectivity index (χ3n) is 4.87. The maximum Gasteiger partial charge on any atom is 0.326 e. The third kappa shape index (κ3) is 3.98. The Morgan fingerprint density at radius 3 is 2.54 bits per heavy atom. The number of esters is 1. The van der Waals surface area contributed by atoms with E-state index in [2.05, 4.69) is 0 Å². The molecule has 3 rings (SSSR count). The van der Waals surface area contributed by atoms with Gasteiger partial charge in [-0.05, 0) is 30.9 Å². The van der Waals surface area contributed by atoms with Crippen LogP contribution in [-0.4, -0.2) is 58.1 Å². The molecule has 0 bridgehead atoms. The van der Waals surface area contributed by atoms with Crippen LogP contribution in [0.15, 0.2) is 24.3 Å². The standard InChI is InChI=1S/C19H24N2O5/c1-2-26-17(22)9-10-20(15-7-8-15)19(25)21-12-14-6-4-3-5-13(14)11-16(21)18(23)24/h3-6,15-16H,2,7-12H2,1H3,(H,23,24)/t16-/m0/s1. The molecule has 1 saturated carbocycles. The first-order chi connectivity index (χ1) is 12.5. The number of carbonyl (C=O) groups excluding carboxylic acids is 2. The first-order valence-corrected chi connectivity index (χ1v) is 9.03. The second kappa shape index (κ2) is 7.76. The number of ether oxygens (including phenoxy) is 1. The fourth-order valence-electron chi connectivity index (χ4n) is 3.38. The average Bonchev–Trinajstić information content (AvgIpc) is 3.45. The zero-order valence-electron chi connectivity index (χ0n) is 14.9. The summed E-state index contributed by atoms with van der Waals surface area (Å²) in [5, 5.41) is 9.62. The minimum Gasteiger partial charge on any atom is -0.480 e. The van der Waals surface area contributed by atoms with Crippen molar-refractivity contribution >= 4 is 18.0 Å². The van der Waals surface area contributed by atoms with Crippen LogP contribution in [0.4, 0.5) is 4.79 Å². The molecule has 2 aliphatic rings. The summed E-state index contributed by atoms with van der Waals surface area (Å²) in [7, 11) is 0. The monoisotopic (exact) mass is 360 g/mol. The molecular formula is C19H24N2O5. The minimum atomic E-state index is -1.01. The summed E-state index contributed by atoms with van der Waals surface area (Å²) < 4.78 is 4.94. The Kier molecular flexibility index (Phi) is 5.44. The van der Waals surface area contributed by atoms with Gasteiger partial charge in [0.25, 0.3) is 0 Å². The van der Waals surface area contributed by atoms with Gasteiger partial charge in [-0.25, -0.2) is 9.59 Å². The summed E-state index contributed by atoms with van der Waals surface area (Å²) in [5.74, 6) is -1.35. The molecule has 1 heterocycles. The number of benzene rings is 1. The van der Waals surface area contributed by atoms with E-state index in [0.29, 0.717) is 13.0 Å². The lowest BCUT2D eigenvalue weighted by molar-refractivity contribution is -0.144. The highest BCUT2D eigenvalue weighted by molar-refractivity contribution is 5.84. The largest absolute Gasteiger partial charge is 0.480 e. The quantitative estimate of drug-likeness (QED) is 0.785. The molecule has 1 aliphatic carbocycles. The lowest BCUT2D eigenvalue weighted by atomic mass is 9.94. The van der Waals surface area contributed by atoms with Crippen LogP contribution in [0.5, 0.6) is 0 Å². The Labute approximate surface area is 152 Å². The van der Waals surface area contributed by atoms with Gasteiger partial charge in [0.05, 0.1) is 13.0 Å². The van der Waals surface area contributed by atoms with Crippen molar-refractivity contribution in [2.45, 2.75) is 51.2 Å². The van der Waals surface area contributed by atoms with Crippen molar-refractivity contribution in [1.82, 2.24) is 9.80 Å². The summed E-state index contributed by atoms with van der Waals surface area (Å²) in [6.45, 7) is 2.58. The van der Waals surface area contributed by atoms with Crippen molar-refractivity contribution in [3.8, 4) is 0 Å². The lowest BCUT2D eigenvalue weighted by Crippen LogP contribution is -2.54. The zero-order chi connectivity index (χ0) is 18.7. The van der Waals surface area contributed by atoms with Gasteiger partial charge >= 0.3 is 18.0 Å². The van der Waals surface area contributed by atoms with Crippen LogP contribution in [0.25, 0.3) is 0 Å². The van der Waals surface area contributed by atoms with Gasteiger partial charge in [0, 0.05) is 25.6 Å². The van der Waals surface area contributed by atoms with Crippen LogP contribution in [0.3, 0.4) is 0 Å². The van der Waals surface area contributed by atoms with Gasteiger partial charge in [0.2, 0.25) is 0 Å². The molecule has 0 saturated heterocycles.